The van der Waals surface area contributed by atoms with Crippen LogP contribution in [-0.2, 0) is 6.42 Å². The zero-order chi connectivity index (χ0) is 19.2. The Bertz CT molecular complexity index is 888. The highest BCUT2D eigenvalue weighted by Crippen LogP contribution is 2.30. The number of nitrogens with one attached hydrogen (secondary N) is 2. The predicted molar refractivity (Wildman–Crippen MR) is 114 cm³/mol. The monoisotopic (exact) mass is 380 g/mol. The van der Waals surface area contributed by atoms with Crippen LogP contribution in [0.15, 0.2) is 54.0 Å². The maximum absolute atomic E-state index is 12.6. The molecule has 27 heavy (non-hydrogen) atoms. The van der Waals surface area contributed by atoms with E-state index >= 15 is 0 Å². The average Bonchev–Trinajstić information content (AvgIpc) is 3.06. The number of amides is 1. The summed E-state index contributed by atoms with van der Waals surface area (Å²) in [6.45, 7) is 2.83. The summed E-state index contributed by atoms with van der Waals surface area (Å²) in [7, 11) is 3.91. The zero-order valence-electron chi connectivity index (χ0n) is 15.8. The Kier molecular flexibility index (Phi) is 6.08. The van der Waals surface area contributed by atoms with Crippen molar-refractivity contribution in [2.75, 3.05) is 36.2 Å². The highest BCUT2D eigenvalue weighted by molar-refractivity contribution is 7.13. The van der Waals surface area contributed by atoms with Crippen LogP contribution in [0.4, 0.5) is 17.1 Å². The van der Waals surface area contributed by atoms with Crippen LogP contribution in [0.1, 0.15) is 20.9 Å². The fraction of sp³-hybridized carbons (Fsp3) is 0.238. The van der Waals surface area contributed by atoms with E-state index < -0.39 is 0 Å². The minimum absolute atomic E-state index is 0.0762. The normalized spacial score (nSPS) is 10.5. The molecule has 2 heterocycles. The van der Waals surface area contributed by atoms with Crippen molar-refractivity contribution in [3.05, 3.63) is 70.2 Å². The lowest BCUT2D eigenvalue weighted by Gasteiger charge is -2.15. The number of benzene rings is 1. The molecule has 0 saturated carbocycles. The number of rotatable bonds is 7. The van der Waals surface area contributed by atoms with Crippen molar-refractivity contribution in [1.82, 2.24) is 4.98 Å². The second kappa shape index (κ2) is 8.68. The number of nitrogens with zero attached hydrogens (tertiary/aromatic N) is 2. The van der Waals surface area contributed by atoms with Crippen LogP contribution in [0.5, 0.6) is 0 Å². The Morgan fingerprint density at radius 2 is 1.85 bits per heavy atom. The fourth-order valence-electron chi connectivity index (χ4n) is 2.90. The van der Waals surface area contributed by atoms with Crippen molar-refractivity contribution < 1.29 is 4.79 Å². The summed E-state index contributed by atoms with van der Waals surface area (Å²) in [6, 6.07) is 13.7. The fourth-order valence-corrected chi connectivity index (χ4v) is 3.91. The Hall–Kier alpha value is -2.86. The number of hydrogen-bond donors (Lipinski definition) is 2. The molecule has 3 rings (SSSR count). The Labute approximate surface area is 164 Å². The van der Waals surface area contributed by atoms with Crippen LogP contribution < -0.4 is 15.5 Å². The summed E-state index contributed by atoms with van der Waals surface area (Å²) < 4.78 is 0. The van der Waals surface area contributed by atoms with Gasteiger partial charge in [-0.1, -0.05) is 6.07 Å². The van der Waals surface area contributed by atoms with Gasteiger partial charge < -0.3 is 15.5 Å². The van der Waals surface area contributed by atoms with E-state index in [0.717, 1.165) is 46.2 Å². The summed E-state index contributed by atoms with van der Waals surface area (Å²) in [4.78, 5) is 19.6. The molecule has 1 amide bonds. The molecule has 0 aliphatic rings. The van der Waals surface area contributed by atoms with E-state index in [9.17, 15) is 4.79 Å². The van der Waals surface area contributed by atoms with Gasteiger partial charge in [0.15, 0.2) is 0 Å². The first-order valence-electron chi connectivity index (χ1n) is 8.85. The van der Waals surface area contributed by atoms with Crippen LogP contribution in [0.25, 0.3) is 0 Å². The minimum Gasteiger partial charge on any atom is -0.385 e. The van der Waals surface area contributed by atoms with Gasteiger partial charge in [0.05, 0.1) is 5.69 Å². The van der Waals surface area contributed by atoms with Gasteiger partial charge in [0.2, 0.25) is 0 Å². The Morgan fingerprint density at radius 3 is 2.52 bits per heavy atom. The molecular formula is C21H24N4OS. The van der Waals surface area contributed by atoms with Gasteiger partial charge in [-0.3, -0.25) is 9.78 Å². The summed E-state index contributed by atoms with van der Waals surface area (Å²) in [5.74, 6) is -0.0762. The molecule has 3 aromatic rings. The highest BCUT2D eigenvalue weighted by atomic mass is 32.1. The minimum atomic E-state index is -0.0762. The third kappa shape index (κ3) is 4.86. The molecule has 0 unspecified atom stereocenters. The molecule has 0 radical (unpaired) electrons. The van der Waals surface area contributed by atoms with Gasteiger partial charge in [-0.05, 0) is 54.3 Å². The van der Waals surface area contributed by atoms with Crippen molar-refractivity contribution in [3.63, 3.8) is 0 Å². The topological polar surface area (TPSA) is 57.3 Å². The smallest absolute Gasteiger partial charge is 0.267 e. The van der Waals surface area contributed by atoms with Gasteiger partial charge in [0, 0.05) is 50.3 Å². The molecule has 2 N–H and O–H groups in total. The second-order valence-electron chi connectivity index (χ2n) is 6.52. The summed E-state index contributed by atoms with van der Waals surface area (Å²) in [5.41, 5.74) is 4.96. The van der Waals surface area contributed by atoms with Gasteiger partial charge >= 0.3 is 0 Å². The Morgan fingerprint density at radius 1 is 1.11 bits per heavy atom. The number of thiophene rings is 1. The number of pyridine rings is 1. The van der Waals surface area contributed by atoms with Crippen molar-refractivity contribution in [2.24, 2.45) is 0 Å². The van der Waals surface area contributed by atoms with Crippen molar-refractivity contribution in [1.29, 1.82) is 0 Å². The largest absolute Gasteiger partial charge is 0.385 e. The van der Waals surface area contributed by atoms with E-state index in [4.69, 9.17) is 0 Å². The average molecular weight is 381 g/mol. The number of anilines is 3. The summed E-state index contributed by atoms with van der Waals surface area (Å²) in [5, 5.41) is 8.37. The van der Waals surface area contributed by atoms with Crippen molar-refractivity contribution >= 4 is 34.3 Å². The molecule has 1 aromatic carbocycles. The molecule has 2 aromatic heterocycles. The molecule has 0 spiro atoms. The van der Waals surface area contributed by atoms with Crippen LogP contribution in [0.2, 0.25) is 0 Å². The first-order chi connectivity index (χ1) is 13.0. The number of aromatic nitrogens is 1. The van der Waals surface area contributed by atoms with E-state index in [-0.39, 0.29) is 5.91 Å². The van der Waals surface area contributed by atoms with E-state index in [1.165, 1.54) is 11.3 Å². The van der Waals surface area contributed by atoms with E-state index in [2.05, 4.69) is 15.6 Å². The van der Waals surface area contributed by atoms with Gasteiger partial charge in [-0.25, -0.2) is 0 Å². The van der Waals surface area contributed by atoms with Crippen molar-refractivity contribution in [3.8, 4) is 0 Å². The second-order valence-corrected chi connectivity index (χ2v) is 7.40. The standard InChI is InChI=1S/C21H24N4OS/c1-15-14-27-20(19(15)25(2)3)21(26)24-18-9-7-17(8-10-18)23-13-11-16-6-4-5-12-22-16/h4-10,12,14,23H,11,13H2,1-3H3,(H,24,26). The maximum atomic E-state index is 12.6. The first-order valence-corrected chi connectivity index (χ1v) is 9.73. The molecule has 0 aliphatic carbocycles. The molecule has 140 valence electrons. The first kappa shape index (κ1) is 18.9. The highest BCUT2D eigenvalue weighted by Gasteiger charge is 2.17. The van der Waals surface area contributed by atoms with Crippen molar-refractivity contribution in [2.45, 2.75) is 13.3 Å². The lowest BCUT2D eigenvalue weighted by Crippen LogP contribution is -2.17. The molecule has 0 saturated heterocycles. The maximum Gasteiger partial charge on any atom is 0.267 e. The van der Waals surface area contributed by atoms with Gasteiger partial charge in [0.1, 0.15) is 4.88 Å². The Balaban J connectivity index is 1.57. The quantitative estimate of drug-likeness (QED) is 0.637. The lowest BCUT2D eigenvalue weighted by molar-refractivity contribution is 0.103. The van der Waals surface area contributed by atoms with E-state index in [1.54, 1.807) is 0 Å². The van der Waals surface area contributed by atoms with Crippen LogP contribution in [0.3, 0.4) is 0 Å². The summed E-state index contributed by atoms with van der Waals surface area (Å²) >= 11 is 1.47. The van der Waals surface area contributed by atoms with E-state index in [1.807, 2.05) is 80.0 Å². The molecule has 6 heteroatoms. The molecule has 0 bridgehead atoms. The summed E-state index contributed by atoms with van der Waals surface area (Å²) in [6.07, 6.45) is 2.67. The van der Waals surface area contributed by atoms with Gasteiger partial charge in [0.25, 0.3) is 5.91 Å². The SMILES string of the molecule is Cc1csc(C(=O)Nc2ccc(NCCc3ccccn3)cc2)c1N(C)C. The molecule has 5 nitrogen and oxygen atoms in total. The number of carbonyl (C=O) groups excluding carboxylic acids is 1. The van der Waals surface area contributed by atoms with E-state index in [0.29, 0.717) is 0 Å². The third-order valence-corrected chi connectivity index (χ3v) is 5.26. The number of carbonyl (C=O) groups is 1. The van der Waals surface area contributed by atoms with Crippen LogP contribution >= 0.6 is 11.3 Å². The predicted octanol–water partition coefficient (Wildman–Crippen LogP) is 4.42. The van der Waals surface area contributed by atoms with Crippen LogP contribution in [-0.4, -0.2) is 31.5 Å². The number of hydrogen-bond acceptors (Lipinski definition) is 5. The molecular weight excluding hydrogens is 356 g/mol. The lowest BCUT2D eigenvalue weighted by atomic mass is 10.2. The van der Waals surface area contributed by atoms with Gasteiger partial charge in [-0.15, -0.1) is 11.3 Å². The van der Waals surface area contributed by atoms with Gasteiger partial charge in [-0.2, -0.15) is 0 Å². The third-order valence-electron chi connectivity index (χ3n) is 4.17. The van der Waals surface area contributed by atoms with Crippen LogP contribution in [0, 0.1) is 6.92 Å². The molecule has 0 atom stereocenters. The molecule has 0 fully saturated rings. The number of aryl methyl sites for hydroxylation is 1. The zero-order valence-corrected chi connectivity index (χ0v) is 16.6. The molecule has 0 aliphatic heterocycles.